The summed E-state index contributed by atoms with van der Waals surface area (Å²) in [5, 5.41) is 6.23. The molecule has 12 heteroatoms. The predicted molar refractivity (Wildman–Crippen MR) is 181 cm³/mol. The van der Waals surface area contributed by atoms with E-state index in [-0.39, 0.29) is 34.9 Å². The minimum atomic E-state index is -3.18. The number of carbonyl (C=O) groups is 2. The van der Waals surface area contributed by atoms with Gasteiger partial charge in [0.15, 0.2) is 9.84 Å². The molecule has 48 heavy (non-hydrogen) atoms. The number of piperidine rings is 1. The van der Waals surface area contributed by atoms with Crippen molar-refractivity contribution in [2.45, 2.75) is 79.1 Å². The Balaban J connectivity index is 1.04. The fraction of sp³-hybridized carbons (Fsp3) is 0.611. The lowest BCUT2D eigenvalue weighted by molar-refractivity contribution is -0.125. The molecule has 2 aromatic rings. The van der Waals surface area contributed by atoms with Gasteiger partial charge in [-0.25, -0.2) is 17.6 Å². The molecule has 0 radical (unpaired) electrons. The smallest absolute Gasteiger partial charge is 0.404 e. The highest BCUT2D eigenvalue weighted by atomic mass is 32.2. The van der Waals surface area contributed by atoms with Gasteiger partial charge in [0, 0.05) is 49.1 Å². The van der Waals surface area contributed by atoms with Crippen molar-refractivity contribution in [3.63, 3.8) is 0 Å². The molecule has 2 saturated carbocycles. The van der Waals surface area contributed by atoms with Gasteiger partial charge in [-0.3, -0.25) is 4.79 Å². The van der Waals surface area contributed by atoms with Crippen molar-refractivity contribution in [1.29, 1.82) is 0 Å². The Morgan fingerprint density at radius 3 is 2.35 bits per heavy atom. The highest BCUT2D eigenvalue weighted by molar-refractivity contribution is 7.92. The number of sulfone groups is 1. The van der Waals surface area contributed by atoms with E-state index in [0.717, 1.165) is 95.5 Å². The van der Waals surface area contributed by atoms with Crippen molar-refractivity contribution in [2.75, 3.05) is 50.7 Å². The number of carbonyl (C=O) groups excluding carboxylic acids is 2. The summed E-state index contributed by atoms with van der Waals surface area (Å²) in [6.45, 7) is 5.77. The maximum absolute atomic E-state index is 14.9. The molecule has 5 aliphatic rings. The molecule has 0 bridgehead atoms. The van der Waals surface area contributed by atoms with Gasteiger partial charge in [0.2, 0.25) is 5.91 Å². The Kier molecular flexibility index (Phi) is 9.42. The van der Waals surface area contributed by atoms with Gasteiger partial charge in [-0.05, 0) is 119 Å². The lowest BCUT2D eigenvalue weighted by Crippen LogP contribution is -2.60. The summed E-state index contributed by atoms with van der Waals surface area (Å²) in [6.07, 6.45) is 5.24. The number of likely N-dealkylation sites (tertiary alicyclic amines) is 1. The maximum atomic E-state index is 14.9. The molecule has 3 saturated heterocycles. The minimum Gasteiger partial charge on any atom is -0.446 e. The summed E-state index contributed by atoms with van der Waals surface area (Å²) < 4.78 is 45.8. The van der Waals surface area contributed by atoms with Crippen LogP contribution in [0.25, 0.3) is 0 Å². The average molecular weight is 682 g/mol. The second-order valence-electron chi connectivity index (χ2n) is 14.7. The van der Waals surface area contributed by atoms with Crippen LogP contribution in [0.1, 0.15) is 56.9 Å². The number of nitrogens with zero attached hydrogens (tertiary/aromatic N) is 2. The fourth-order valence-electron chi connectivity index (χ4n) is 8.89. The number of rotatable bonds is 12. The van der Waals surface area contributed by atoms with Crippen LogP contribution < -0.4 is 21.3 Å². The van der Waals surface area contributed by atoms with Crippen molar-refractivity contribution in [3.8, 4) is 0 Å². The number of hydrogen-bond acceptors (Lipinski definition) is 8. The van der Waals surface area contributed by atoms with Crippen molar-refractivity contribution < 1.29 is 27.1 Å². The van der Waals surface area contributed by atoms with Gasteiger partial charge < -0.3 is 30.9 Å². The van der Waals surface area contributed by atoms with Gasteiger partial charge in [-0.2, -0.15) is 0 Å². The highest BCUT2D eigenvalue weighted by Crippen LogP contribution is 2.51. The average Bonchev–Trinajstić information content (AvgIpc) is 3.80. The Labute approximate surface area is 282 Å². The second-order valence-corrected chi connectivity index (χ2v) is 16.9. The SMILES string of the molecule is NC(=O)O[C@H]1CCC[C@@H]1C(CNC(=O)[C@H]1CCN1)(c1cccc(F)c1)C1CCN(CC2CN(c3ccc(S(=O)(=O)C4CC4)cc3)C2)CC1. The van der Waals surface area contributed by atoms with Crippen LogP contribution >= 0.6 is 0 Å². The molecular formula is C36H48FN5O5S. The zero-order valence-corrected chi connectivity index (χ0v) is 28.3. The number of halogens is 1. The molecule has 4 N–H and O–H groups in total. The third kappa shape index (κ3) is 6.67. The molecule has 1 unspecified atom stereocenters. The maximum Gasteiger partial charge on any atom is 0.404 e. The number of primary amides is 1. The van der Waals surface area contributed by atoms with E-state index in [0.29, 0.717) is 23.8 Å². The molecule has 2 aromatic carbocycles. The molecule has 10 nitrogen and oxygen atoms in total. The molecule has 7 rings (SSSR count). The Bertz CT molecular complexity index is 1590. The van der Waals surface area contributed by atoms with Crippen LogP contribution in [0.15, 0.2) is 53.4 Å². The molecular weight excluding hydrogens is 633 g/mol. The number of nitrogens with two attached hydrogens (primary N) is 1. The lowest BCUT2D eigenvalue weighted by Gasteiger charge is -2.51. The van der Waals surface area contributed by atoms with Crippen LogP contribution in [0.5, 0.6) is 0 Å². The van der Waals surface area contributed by atoms with Crippen molar-refractivity contribution in [3.05, 3.63) is 59.9 Å². The summed E-state index contributed by atoms with van der Waals surface area (Å²) in [6, 6.07) is 13.9. The molecule has 3 heterocycles. The predicted octanol–water partition coefficient (Wildman–Crippen LogP) is 3.59. The summed E-state index contributed by atoms with van der Waals surface area (Å²) in [5.41, 5.74) is 6.82. The molecule has 0 aromatic heterocycles. The zero-order chi connectivity index (χ0) is 33.5. The Morgan fingerprint density at radius 2 is 1.73 bits per heavy atom. The molecule has 2 aliphatic carbocycles. The van der Waals surface area contributed by atoms with E-state index >= 15 is 0 Å². The normalized spacial score (nSPS) is 26.7. The first kappa shape index (κ1) is 33.3. The molecule has 5 fully saturated rings. The second kappa shape index (κ2) is 13.6. The van der Waals surface area contributed by atoms with Gasteiger partial charge in [0.25, 0.3) is 0 Å². The minimum absolute atomic E-state index is 0.0430. The van der Waals surface area contributed by atoms with E-state index < -0.39 is 27.4 Å². The van der Waals surface area contributed by atoms with E-state index in [9.17, 15) is 22.4 Å². The topological polar surface area (TPSA) is 134 Å². The lowest BCUT2D eigenvalue weighted by atomic mass is 9.58. The van der Waals surface area contributed by atoms with Crippen LogP contribution in [0.2, 0.25) is 0 Å². The first-order valence-electron chi connectivity index (χ1n) is 17.7. The Hall–Kier alpha value is -3.22. The van der Waals surface area contributed by atoms with Crippen LogP contribution in [0.3, 0.4) is 0 Å². The van der Waals surface area contributed by atoms with E-state index in [1.54, 1.807) is 24.3 Å². The number of hydrogen-bond donors (Lipinski definition) is 3. The summed E-state index contributed by atoms with van der Waals surface area (Å²) in [7, 11) is -3.18. The first-order chi connectivity index (χ1) is 23.1. The standard InChI is InChI=1S/C36H48FN5O5S/c37-27-4-1-3-26(19-27)36(23-40-34(43)32-13-16-39-32,31-5-2-6-33(31)47-35(38)44)25-14-17-41(18-15-25)20-24-21-42(22-24)28-7-9-29(10-8-28)48(45,46)30-11-12-30/h1,3-4,7-10,19,24-25,30-33,39H,2,5-6,11-18,20-23H2,(H2,38,44)(H,40,43)/t31-,32+,33-,36?/m0/s1. The van der Waals surface area contributed by atoms with Gasteiger partial charge in [-0.15, -0.1) is 0 Å². The summed E-state index contributed by atoms with van der Waals surface area (Å²) >= 11 is 0. The third-order valence-electron chi connectivity index (χ3n) is 11.7. The van der Waals surface area contributed by atoms with Gasteiger partial charge in [0.1, 0.15) is 11.9 Å². The van der Waals surface area contributed by atoms with Crippen molar-refractivity contribution >= 4 is 27.5 Å². The number of nitrogens with one attached hydrogen (secondary N) is 2. The number of benzene rings is 2. The number of anilines is 1. The van der Waals surface area contributed by atoms with E-state index in [2.05, 4.69) is 20.4 Å². The summed E-state index contributed by atoms with van der Waals surface area (Å²) in [4.78, 5) is 30.4. The van der Waals surface area contributed by atoms with Crippen LogP contribution in [-0.2, 0) is 24.8 Å². The monoisotopic (exact) mass is 681 g/mol. The van der Waals surface area contributed by atoms with E-state index in [1.807, 2.05) is 18.2 Å². The van der Waals surface area contributed by atoms with E-state index in [1.165, 1.54) is 6.07 Å². The molecule has 2 amide bonds. The highest BCUT2D eigenvalue weighted by Gasteiger charge is 2.53. The van der Waals surface area contributed by atoms with Crippen LogP contribution in [0, 0.1) is 23.6 Å². The van der Waals surface area contributed by atoms with Gasteiger partial charge in [-0.1, -0.05) is 12.1 Å². The molecule has 3 aliphatic heterocycles. The quantitative estimate of drug-likeness (QED) is 0.310. The molecule has 260 valence electrons. The summed E-state index contributed by atoms with van der Waals surface area (Å²) in [5.74, 6) is 0.181. The van der Waals surface area contributed by atoms with Crippen LogP contribution in [-0.4, -0.2) is 88.5 Å². The third-order valence-corrected chi connectivity index (χ3v) is 14.0. The largest absolute Gasteiger partial charge is 0.446 e. The van der Waals surface area contributed by atoms with E-state index in [4.69, 9.17) is 10.5 Å². The van der Waals surface area contributed by atoms with Gasteiger partial charge >= 0.3 is 6.09 Å². The molecule has 0 spiro atoms. The van der Waals surface area contributed by atoms with Crippen LogP contribution in [0.4, 0.5) is 14.9 Å². The molecule has 4 atom stereocenters. The Morgan fingerprint density at radius 1 is 1.00 bits per heavy atom. The number of ether oxygens (including phenoxy) is 1. The fourth-order valence-corrected chi connectivity index (χ4v) is 10.5. The van der Waals surface area contributed by atoms with Gasteiger partial charge in [0.05, 0.1) is 16.2 Å². The zero-order valence-electron chi connectivity index (χ0n) is 27.5. The van der Waals surface area contributed by atoms with Crippen molar-refractivity contribution in [1.82, 2.24) is 15.5 Å². The number of amides is 2. The first-order valence-corrected chi connectivity index (χ1v) is 19.2. The van der Waals surface area contributed by atoms with Crippen molar-refractivity contribution in [2.24, 2.45) is 23.5 Å².